The first-order valence-corrected chi connectivity index (χ1v) is 7.83. The molecule has 0 aromatic carbocycles. The van der Waals surface area contributed by atoms with Crippen molar-refractivity contribution >= 4 is 18.0 Å². The van der Waals surface area contributed by atoms with Crippen LogP contribution in [0.1, 0.15) is 39.5 Å². The number of aromatic nitrogens is 2. The van der Waals surface area contributed by atoms with Crippen LogP contribution in [0.3, 0.4) is 0 Å². The lowest BCUT2D eigenvalue weighted by atomic mass is 10.2. The van der Waals surface area contributed by atoms with Crippen LogP contribution in [0.25, 0.3) is 0 Å². The molecule has 9 heteroatoms. The minimum atomic E-state index is -0.643. The van der Waals surface area contributed by atoms with E-state index in [0.717, 1.165) is 6.42 Å². The molecular weight excluding hydrogens is 316 g/mol. The van der Waals surface area contributed by atoms with Gasteiger partial charge in [-0.15, -0.1) is 0 Å². The first-order chi connectivity index (χ1) is 11.2. The maximum absolute atomic E-state index is 12.3. The van der Waals surface area contributed by atoms with Crippen LogP contribution in [-0.2, 0) is 20.9 Å². The number of carbonyl (C=O) groups excluding carboxylic acids is 2. The van der Waals surface area contributed by atoms with Crippen LogP contribution in [0.2, 0.25) is 0 Å². The van der Waals surface area contributed by atoms with Crippen LogP contribution >= 0.6 is 0 Å². The van der Waals surface area contributed by atoms with Crippen LogP contribution in [0.15, 0.2) is 4.52 Å². The van der Waals surface area contributed by atoms with Crippen molar-refractivity contribution in [2.24, 2.45) is 0 Å². The molecule has 1 aliphatic rings. The monoisotopic (exact) mass is 340 g/mol. The summed E-state index contributed by atoms with van der Waals surface area (Å²) in [4.78, 5) is 31.6. The average Bonchev–Trinajstić information content (AvgIpc) is 3.12. The summed E-state index contributed by atoms with van der Waals surface area (Å²) >= 11 is 0. The van der Waals surface area contributed by atoms with Crippen LogP contribution in [0, 0.1) is 0 Å². The van der Waals surface area contributed by atoms with Crippen LogP contribution < -0.4 is 4.90 Å². The SMILES string of the molecule is CN(C)c1noc(COC(=O)[C@H]2CCCN2C(=O)OC(C)(C)C)n1. The predicted octanol–water partition coefficient (Wildman–Crippen LogP) is 1.58. The molecule has 1 atom stereocenters. The lowest BCUT2D eigenvalue weighted by Crippen LogP contribution is -2.44. The molecule has 24 heavy (non-hydrogen) atoms. The van der Waals surface area contributed by atoms with E-state index in [1.165, 1.54) is 4.90 Å². The quantitative estimate of drug-likeness (QED) is 0.762. The van der Waals surface area contributed by atoms with E-state index in [1.807, 2.05) is 0 Å². The first-order valence-electron chi connectivity index (χ1n) is 7.83. The molecule has 9 nitrogen and oxygen atoms in total. The molecule has 0 unspecified atom stereocenters. The molecule has 0 saturated carbocycles. The maximum atomic E-state index is 12.3. The summed E-state index contributed by atoms with van der Waals surface area (Å²) in [5.41, 5.74) is -0.611. The Hall–Kier alpha value is -2.32. The van der Waals surface area contributed by atoms with Crippen molar-refractivity contribution in [1.29, 1.82) is 0 Å². The molecule has 1 amide bonds. The highest BCUT2D eigenvalue weighted by atomic mass is 16.6. The van der Waals surface area contributed by atoms with Gasteiger partial charge >= 0.3 is 12.1 Å². The Morgan fingerprint density at radius 2 is 2.08 bits per heavy atom. The van der Waals surface area contributed by atoms with Crippen molar-refractivity contribution in [3.05, 3.63) is 5.89 Å². The number of hydrogen-bond donors (Lipinski definition) is 0. The van der Waals surface area contributed by atoms with E-state index in [0.29, 0.717) is 18.9 Å². The van der Waals surface area contributed by atoms with Crippen LogP contribution in [0.5, 0.6) is 0 Å². The van der Waals surface area contributed by atoms with E-state index in [-0.39, 0.29) is 12.5 Å². The van der Waals surface area contributed by atoms with Gasteiger partial charge in [-0.05, 0) is 38.8 Å². The van der Waals surface area contributed by atoms with Gasteiger partial charge in [-0.25, -0.2) is 9.59 Å². The summed E-state index contributed by atoms with van der Waals surface area (Å²) in [6, 6.07) is -0.643. The van der Waals surface area contributed by atoms with Crippen LogP contribution in [0.4, 0.5) is 10.7 Å². The van der Waals surface area contributed by atoms with Gasteiger partial charge in [-0.2, -0.15) is 4.98 Å². The van der Waals surface area contributed by atoms with Crippen molar-refractivity contribution in [1.82, 2.24) is 15.0 Å². The molecule has 0 N–H and O–H groups in total. The molecule has 0 radical (unpaired) electrons. The minimum absolute atomic E-state index is 0.127. The third kappa shape index (κ3) is 4.59. The number of ether oxygens (including phenoxy) is 2. The number of carbonyl (C=O) groups is 2. The van der Waals surface area contributed by atoms with Crippen molar-refractivity contribution < 1.29 is 23.6 Å². The zero-order valence-corrected chi connectivity index (χ0v) is 14.7. The van der Waals surface area contributed by atoms with Gasteiger partial charge in [-0.1, -0.05) is 0 Å². The first kappa shape index (κ1) is 18.0. The second-order valence-corrected chi connectivity index (χ2v) is 6.82. The van der Waals surface area contributed by atoms with E-state index in [9.17, 15) is 9.59 Å². The smallest absolute Gasteiger partial charge is 0.411 e. The van der Waals surface area contributed by atoms with Gasteiger partial charge in [0.15, 0.2) is 6.61 Å². The lowest BCUT2D eigenvalue weighted by Gasteiger charge is -2.27. The molecular formula is C15H24N4O5. The second-order valence-electron chi connectivity index (χ2n) is 6.82. The number of likely N-dealkylation sites (tertiary alicyclic amines) is 1. The lowest BCUT2D eigenvalue weighted by molar-refractivity contribution is -0.150. The number of anilines is 1. The van der Waals surface area contributed by atoms with Crippen molar-refractivity contribution in [2.45, 2.75) is 51.9 Å². The summed E-state index contributed by atoms with van der Waals surface area (Å²) in [5, 5.41) is 3.74. The topological polar surface area (TPSA) is 98.0 Å². The molecule has 1 aromatic rings. The Morgan fingerprint density at radius 3 is 2.67 bits per heavy atom. The Bertz CT molecular complexity index is 593. The molecule has 1 fully saturated rings. The molecule has 2 heterocycles. The van der Waals surface area contributed by atoms with Gasteiger partial charge in [0.2, 0.25) is 0 Å². The van der Waals surface area contributed by atoms with Crippen LogP contribution in [-0.4, -0.2) is 59.4 Å². The Morgan fingerprint density at radius 1 is 1.38 bits per heavy atom. The van der Waals surface area contributed by atoms with E-state index < -0.39 is 23.7 Å². The van der Waals surface area contributed by atoms with E-state index in [2.05, 4.69) is 10.1 Å². The Kier molecular flexibility index (Phi) is 5.30. The summed E-state index contributed by atoms with van der Waals surface area (Å²) in [6.07, 6.45) is 0.768. The third-order valence-corrected chi connectivity index (χ3v) is 3.35. The fraction of sp³-hybridized carbons (Fsp3) is 0.733. The molecule has 2 rings (SSSR count). The summed E-state index contributed by atoms with van der Waals surface area (Å²) in [5.74, 6) is 0.106. The van der Waals surface area contributed by atoms with E-state index in [4.69, 9.17) is 14.0 Å². The van der Waals surface area contributed by atoms with Gasteiger partial charge in [0.1, 0.15) is 11.6 Å². The molecule has 1 aromatic heterocycles. The number of esters is 1. The molecule has 0 bridgehead atoms. The number of nitrogens with zero attached hydrogens (tertiary/aromatic N) is 4. The van der Waals surface area contributed by atoms with Gasteiger partial charge in [0.25, 0.3) is 11.8 Å². The molecule has 0 aliphatic carbocycles. The standard InChI is InChI=1S/C15H24N4O5/c1-15(2,3)23-14(21)19-8-6-7-10(19)12(20)22-9-11-16-13(17-24-11)18(4)5/h10H,6-9H2,1-5H3/t10-/m1/s1. The maximum Gasteiger partial charge on any atom is 0.411 e. The average molecular weight is 340 g/mol. The minimum Gasteiger partial charge on any atom is -0.454 e. The number of amides is 1. The second kappa shape index (κ2) is 7.06. The molecule has 0 spiro atoms. The van der Waals surface area contributed by atoms with Crippen molar-refractivity contribution in [3.63, 3.8) is 0 Å². The molecule has 134 valence electrons. The third-order valence-electron chi connectivity index (χ3n) is 3.35. The van der Waals surface area contributed by atoms with Gasteiger partial charge in [0, 0.05) is 20.6 Å². The van der Waals surface area contributed by atoms with Gasteiger partial charge in [0.05, 0.1) is 0 Å². The number of hydrogen-bond acceptors (Lipinski definition) is 8. The van der Waals surface area contributed by atoms with E-state index >= 15 is 0 Å². The Labute approximate surface area is 140 Å². The zero-order valence-electron chi connectivity index (χ0n) is 14.7. The van der Waals surface area contributed by atoms with Gasteiger partial charge < -0.3 is 18.9 Å². The Balaban J connectivity index is 1.91. The molecule has 1 aliphatic heterocycles. The zero-order chi connectivity index (χ0) is 17.9. The fourth-order valence-corrected chi connectivity index (χ4v) is 2.27. The highest BCUT2D eigenvalue weighted by Gasteiger charge is 2.37. The highest BCUT2D eigenvalue weighted by Crippen LogP contribution is 2.22. The highest BCUT2D eigenvalue weighted by molar-refractivity contribution is 5.82. The fourth-order valence-electron chi connectivity index (χ4n) is 2.27. The predicted molar refractivity (Wildman–Crippen MR) is 84.4 cm³/mol. The van der Waals surface area contributed by atoms with Crippen molar-refractivity contribution in [3.8, 4) is 0 Å². The number of rotatable bonds is 4. The van der Waals surface area contributed by atoms with Crippen molar-refractivity contribution in [2.75, 3.05) is 25.5 Å². The normalized spacial score (nSPS) is 17.7. The summed E-state index contributed by atoms with van der Waals surface area (Å²) in [7, 11) is 3.55. The van der Waals surface area contributed by atoms with E-state index in [1.54, 1.807) is 39.8 Å². The summed E-state index contributed by atoms with van der Waals surface area (Å²) in [6.45, 7) is 5.70. The largest absolute Gasteiger partial charge is 0.454 e. The summed E-state index contributed by atoms with van der Waals surface area (Å²) < 4.78 is 15.5. The van der Waals surface area contributed by atoms with Gasteiger partial charge in [-0.3, -0.25) is 4.90 Å². The molecule has 1 saturated heterocycles.